The Bertz CT molecular complexity index is 965. The molecule has 2 amide bonds. The number of benzene rings is 2. The third-order valence-corrected chi connectivity index (χ3v) is 4.44. The number of fused-ring (bicyclic) bond motifs is 1. The molecule has 2 aromatic carbocycles. The van der Waals surface area contributed by atoms with Crippen molar-refractivity contribution < 1.29 is 28.7 Å². The molecule has 0 N–H and O–H groups in total. The van der Waals surface area contributed by atoms with E-state index in [1.807, 2.05) is 6.92 Å². The molecule has 0 bridgehead atoms. The maximum Gasteiger partial charge on any atom is 0.308 e. The number of rotatable bonds is 7. The highest BCUT2D eigenvalue weighted by atomic mass is 16.5. The number of ether oxygens (including phenoxy) is 2. The first-order valence-electron chi connectivity index (χ1n) is 8.71. The second kappa shape index (κ2) is 8.04. The van der Waals surface area contributed by atoms with Gasteiger partial charge in [0.05, 0.1) is 30.2 Å². The Labute approximate surface area is 161 Å². The number of carbonyl (C=O) groups excluding carboxylic acids is 4. The molecule has 0 fully saturated rings. The van der Waals surface area contributed by atoms with Crippen molar-refractivity contribution in [3.63, 3.8) is 0 Å². The monoisotopic (exact) mass is 381 g/mol. The highest BCUT2D eigenvalue weighted by Gasteiger charge is 2.35. The van der Waals surface area contributed by atoms with Crippen molar-refractivity contribution >= 4 is 23.6 Å². The number of nitrogens with zero attached hydrogens (tertiary/aromatic N) is 1. The molecule has 0 aromatic heterocycles. The summed E-state index contributed by atoms with van der Waals surface area (Å²) in [7, 11) is 1.45. The van der Waals surface area contributed by atoms with E-state index in [-0.39, 0.29) is 13.0 Å². The minimum Gasteiger partial charge on any atom is -0.496 e. The molecule has 0 unspecified atom stereocenters. The molecular weight excluding hydrogens is 362 g/mol. The summed E-state index contributed by atoms with van der Waals surface area (Å²) in [6.45, 7) is 1.28. The molecule has 7 heteroatoms. The van der Waals surface area contributed by atoms with Gasteiger partial charge in [-0.05, 0) is 31.2 Å². The van der Waals surface area contributed by atoms with Gasteiger partial charge in [-0.1, -0.05) is 23.8 Å². The Hall–Kier alpha value is -3.48. The van der Waals surface area contributed by atoms with E-state index < -0.39 is 30.2 Å². The van der Waals surface area contributed by atoms with Gasteiger partial charge in [-0.15, -0.1) is 0 Å². The van der Waals surface area contributed by atoms with E-state index >= 15 is 0 Å². The van der Waals surface area contributed by atoms with Crippen LogP contribution in [0.3, 0.4) is 0 Å². The Morgan fingerprint density at radius 2 is 1.71 bits per heavy atom. The first-order valence-corrected chi connectivity index (χ1v) is 8.71. The maximum absolute atomic E-state index is 12.4. The normalized spacial score (nSPS) is 12.7. The van der Waals surface area contributed by atoms with Crippen LogP contribution in [-0.4, -0.2) is 48.7 Å². The minimum absolute atomic E-state index is 0.104. The van der Waals surface area contributed by atoms with Gasteiger partial charge in [-0.25, -0.2) is 0 Å². The van der Waals surface area contributed by atoms with Crippen LogP contribution in [0.1, 0.15) is 43.1 Å². The molecule has 0 atom stereocenters. The zero-order valence-corrected chi connectivity index (χ0v) is 15.6. The lowest BCUT2D eigenvalue weighted by Gasteiger charge is -2.13. The third-order valence-electron chi connectivity index (χ3n) is 4.44. The molecule has 0 saturated heterocycles. The topological polar surface area (TPSA) is 90.0 Å². The highest BCUT2D eigenvalue weighted by molar-refractivity contribution is 6.21. The van der Waals surface area contributed by atoms with E-state index in [4.69, 9.17) is 9.47 Å². The number of aryl methyl sites for hydroxylation is 1. The molecule has 3 rings (SSSR count). The zero-order chi connectivity index (χ0) is 20.3. The third kappa shape index (κ3) is 3.78. The Kier molecular flexibility index (Phi) is 5.54. The molecule has 28 heavy (non-hydrogen) atoms. The van der Waals surface area contributed by atoms with Crippen LogP contribution in [0.4, 0.5) is 0 Å². The van der Waals surface area contributed by atoms with Crippen LogP contribution in [0.5, 0.6) is 5.75 Å². The lowest BCUT2D eigenvalue weighted by molar-refractivity contribution is -0.142. The van der Waals surface area contributed by atoms with Gasteiger partial charge in [0.1, 0.15) is 5.75 Å². The van der Waals surface area contributed by atoms with Crippen molar-refractivity contribution in [2.75, 3.05) is 20.3 Å². The molecule has 0 saturated carbocycles. The van der Waals surface area contributed by atoms with Crippen molar-refractivity contribution in [3.05, 3.63) is 64.7 Å². The van der Waals surface area contributed by atoms with Crippen LogP contribution in [0, 0.1) is 6.92 Å². The summed E-state index contributed by atoms with van der Waals surface area (Å²) in [5, 5.41) is 0. The van der Waals surface area contributed by atoms with Gasteiger partial charge in [0.2, 0.25) is 5.78 Å². The number of amides is 2. The summed E-state index contributed by atoms with van der Waals surface area (Å²) in [6, 6.07) is 11.6. The van der Waals surface area contributed by atoms with E-state index in [1.54, 1.807) is 42.5 Å². The number of methoxy groups -OCH3 is 1. The smallest absolute Gasteiger partial charge is 0.308 e. The zero-order valence-electron chi connectivity index (χ0n) is 15.6. The number of hydrogen-bond acceptors (Lipinski definition) is 6. The van der Waals surface area contributed by atoms with E-state index in [2.05, 4.69) is 0 Å². The van der Waals surface area contributed by atoms with Crippen molar-refractivity contribution in [1.29, 1.82) is 0 Å². The Morgan fingerprint density at radius 3 is 2.46 bits per heavy atom. The number of Topliss-reactive ketones (excluding diaryl/α,β-unsaturated/α-hetero) is 1. The maximum atomic E-state index is 12.4. The molecular formula is C21H19NO6. The quantitative estimate of drug-likeness (QED) is 0.416. The van der Waals surface area contributed by atoms with Crippen LogP contribution in [0.2, 0.25) is 0 Å². The Balaban J connectivity index is 1.54. The summed E-state index contributed by atoms with van der Waals surface area (Å²) in [5.41, 5.74) is 1.85. The van der Waals surface area contributed by atoms with Crippen LogP contribution in [0.15, 0.2) is 42.5 Å². The predicted octanol–water partition coefficient (Wildman–Crippen LogP) is 2.42. The van der Waals surface area contributed by atoms with Gasteiger partial charge >= 0.3 is 5.97 Å². The molecule has 144 valence electrons. The largest absolute Gasteiger partial charge is 0.496 e. The second-order valence-electron chi connectivity index (χ2n) is 6.35. The summed E-state index contributed by atoms with van der Waals surface area (Å²) in [4.78, 5) is 49.9. The van der Waals surface area contributed by atoms with E-state index in [0.29, 0.717) is 22.4 Å². The van der Waals surface area contributed by atoms with E-state index in [9.17, 15) is 19.2 Å². The number of esters is 1. The molecule has 7 nitrogen and oxygen atoms in total. The summed E-state index contributed by atoms with van der Waals surface area (Å²) in [6.07, 6.45) is -0.191. The molecule has 1 heterocycles. The number of imide groups is 1. The molecule has 0 aliphatic carbocycles. The second-order valence-corrected chi connectivity index (χ2v) is 6.35. The SMILES string of the molecule is COc1ccccc1C(=O)COC(=O)CCN1C(=O)c2ccc(C)cc2C1=O. The number of ketones is 1. The number of hydrogen-bond donors (Lipinski definition) is 0. The van der Waals surface area contributed by atoms with Gasteiger partial charge in [-0.2, -0.15) is 0 Å². The van der Waals surface area contributed by atoms with Crippen LogP contribution in [0.25, 0.3) is 0 Å². The van der Waals surface area contributed by atoms with Gasteiger partial charge in [0.25, 0.3) is 11.8 Å². The predicted molar refractivity (Wildman–Crippen MR) is 99.4 cm³/mol. The standard InChI is InChI=1S/C21H19NO6/c1-13-7-8-14-16(11-13)21(26)22(20(14)25)10-9-19(24)28-12-17(23)15-5-3-4-6-18(15)27-2/h3-8,11H,9-10,12H2,1-2H3. The fourth-order valence-corrected chi connectivity index (χ4v) is 2.98. The fourth-order valence-electron chi connectivity index (χ4n) is 2.98. The van der Waals surface area contributed by atoms with Crippen LogP contribution < -0.4 is 4.74 Å². The highest BCUT2D eigenvalue weighted by Crippen LogP contribution is 2.24. The number of carbonyl (C=O) groups is 4. The first-order chi connectivity index (χ1) is 13.4. The van der Waals surface area contributed by atoms with E-state index in [0.717, 1.165) is 10.5 Å². The average Bonchev–Trinajstić information content (AvgIpc) is 2.94. The Morgan fingerprint density at radius 1 is 1.00 bits per heavy atom. The number of para-hydroxylation sites is 1. The van der Waals surface area contributed by atoms with Crippen molar-refractivity contribution in [2.24, 2.45) is 0 Å². The molecule has 1 aliphatic rings. The summed E-state index contributed by atoms with van der Waals surface area (Å²) < 4.78 is 10.1. The summed E-state index contributed by atoms with van der Waals surface area (Å²) in [5.74, 6) is -1.54. The lowest BCUT2D eigenvalue weighted by atomic mass is 10.1. The van der Waals surface area contributed by atoms with Crippen molar-refractivity contribution in [2.45, 2.75) is 13.3 Å². The van der Waals surface area contributed by atoms with Crippen molar-refractivity contribution in [1.82, 2.24) is 4.90 Å². The molecule has 0 radical (unpaired) electrons. The molecule has 0 spiro atoms. The van der Waals surface area contributed by atoms with Crippen molar-refractivity contribution in [3.8, 4) is 5.75 Å². The van der Waals surface area contributed by atoms with Gasteiger partial charge in [0.15, 0.2) is 6.61 Å². The van der Waals surface area contributed by atoms with E-state index in [1.165, 1.54) is 7.11 Å². The lowest BCUT2D eigenvalue weighted by Crippen LogP contribution is -2.32. The van der Waals surface area contributed by atoms with Gasteiger partial charge < -0.3 is 9.47 Å². The fraction of sp³-hybridized carbons (Fsp3) is 0.238. The molecule has 1 aliphatic heterocycles. The first kappa shape index (κ1) is 19.3. The van der Waals surface area contributed by atoms with Crippen LogP contribution >= 0.6 is 0 Å². The van der Waals surface area contributed by atoms with Gasteiger partial charge in [-0.3, -0.25) is 24.1 Å². The summed E-state index contributed by atoms with van der Waals surface area (Å²) >= 11 is 0. The van der Waals surface area contributed by atoms with Crippen LogP contribution in [-0.2, 0) is 9.53 Å². The molecule has 2 aromatic rings. The average molecular weight is 381 g/mol. The van der Waals surface area contributed by atoms with Gasteiger partial charge in [0, 0.05) is 6.54 Å². The minimum atomic E-state index is -0.670.